The van der Waals surface area contributed by atoms with E-state index in [0.717, 1.165) is 6.07 Å². The van der Waals surface area contributed by atoms with E-state index >= 15 is 0 Å². The van der Waals surface area contributed by atoms with Crippen molar-refractivity contribution in [1.82, 2.24) is 4.72 Å². The summed E-state index contributed by atoms with van der Waals surface area (Å²) in [6.45, 7) is 5.39. The quantitative estimate of drug-likeness (QED) is 0.767. The van der Waals surface area contributed by atoms with Gasteiger partial charge in [-0.2, -0.15) is 0 Å². The smallest absolute Gasteiger partial charge is 0.335 e. The number of hydrogen-bond acceptors (Lipinski definition) is 4. The average Bonchev–Trinajstić information content (AvgIpc) is 2.35. The summed E-state index contributed by atoms with van der Waals surface area (Å²) in [6.07, 6.45) is 0. The van der Waals surface area contributed by atoms with Gasteiger partial charge in [-0.1, -0.05) is 12.2 Å². The minimum atomic E-state index is -3.77. The van der Waals surface area contributed by atoms with Crippen molar-refractivity contribution in [3.8, 4) is 5.75 Å². The van der Waals surface area contributed by atoms with Crippen molar-refractivity contribution >= 4 is 16.0 Å². The SMILES string of the molecule is C=C(C)CNS(=O)(=O)c1ccc(C(=O)O)cc1OC. The van der Waals surface area contributed by atoms with E-state index in [2.05, 4.69) is 11.3 Å². The number of carboxylic acid groups (broad SMARTS) is 1. The van der Waals surface area contributed by atoms with E-state index in [0.29, 0.717) is 5.57 Å². The van der Waals surface area contributed by atoms with Crippen molar-refractivity contribution < 1.29 is 23.1 Å². The van der Waals surface area contributed by atoms with Crippen LogP contribution >= 0.6 is 0 Å². The van der Waals surface area contributed by atoms with Gasteiger partial charge in [0.05, 0.1) is 12.7 Å². The second-order valence-corrected chi connectivity index (χ2v) is 5.69. The van der Waals surface area contributed by atoms with E-state index in [9.17, 15) is 13.2 Å². The maximum atomic E-state index is 12.0. The Morgan fingerprint density at radius 3 is 2.58 bits per heavy atom. The molecule has 0 saturated heterocycles. The van der Waals surface area contributed by atoms with E-state index < -0.39 is 16.0 Å². The number of carbonyl (C=O) groups is 1. The summed E-state index contributed by atoms with van der Waals surface area (Å²) in [5.74, 6) is -1.17. The molecule has 0 bridgehead atoms. The van der Waals surface area contributed by atoms with Crippen LogP contribution in [-0.2, 0) is 10.0 Å². The molecule has 0 amide bonds. The molecule has 0 aliphatic heterocycles. The molecular formula is C12H15NO5S. The molecule has 0 aromatic heterocycles. The van der Waals surface area contributed by atoms with Crippen LogP contribution in [0.3, 0.4) is 0 Å². The normalized spacial score (nSPS) is 11.1. The first-order valence-electron chi connectivity index (χ1n) is 5.33. The number of rotatable bonds is 6. The summed E-state index contributed by atoms with van der Waals surface area (Å²) in [6, 6.07) is 3.57. The Labute approximate surface area is 111 Å². The fourth-order valence-electron chi connectivity index (χ4n) is 1.32. The molecule has 2 N–H and O–H groups in total. The molecule has 19 heavy (non-hydrogen) atoms. The molecule has 0 aliphatic rings. The zero-order chi connectivity index (χ0) is 14.6. The molecule has 7 heteroatoms. The van der Waals surface area contributed by atoms with Crippen LogP contribution in [0, 0.1) is 0 Å². The third-order valence-electron chi connectivity index (χ3n) is 2.26. The third-order valence-corrected chi connectivity index (χ3v) is 3.70. The predicted octanol–water partition coefficient (Wildman–Crippen LogP) is 1.25. The van der Waals surface area contributed by atoms with Gasteiger partial charge in [0.1, 0.15) is 10.6 Å². The monoisotopic (exact) mass is 285 g/mol. The molecule has 0 unspecified atom stereocenters. The minimum absolute atomic E-state index is 0.0193. The first-order chi connectivity index (χ1) is 8.77. The highest BCUT2D eigenvalue weighted by Gasteiger charge is 2.20. The fraction of sp³-hybridized carbons (Fsp3) is 0.250. The maximum absolute atomic E-state index is 12.0. The lowest BCUT2D eigenvalue weighted by Gasteiger charge is -2.11. The van der Waals surface area contributed by atoms with Crippen LogP contribution in [0.1, 0.15) is 17.3 Å². The van der Waals surface area contributed by atoms with Crippen molar-refractivity contribution in [3.63, 3.8) is 0 Å². The van der Waals surface area contributed by atoms with Crippen LogP contribution in [0.15, 0.2) is 35.2 Å². The number of sulfonamides is 1. The second kappa shape index (κ2) is 5.85. The summed E-state index contributed by atoms with van der Waals surface area (Å²) >= 11 is 0. The van der Waals surface area contributed by atoms with E-state index in [-0.39, 0.29) is 22.8 Å². The molecule has 0 aliphatic carbocycles. The van der Waals surface area contributed by atoms with Crippen molar-refractivity contribution in [2.75, 3.05) is 13.7 Å². The van der Waals surface area contributed by atoms with Gasteiger partial charge in [-0.25, -0.2) is 17.9 Å². The number of hydrogen-bond donors (Lipinski definition) is 2. The van der Waals surface area contributed by atoms with Gasteiger partial charge in [-0.05, 0) is 25.1 Å². The summed E-state index contributed by atoms with van der Waals surface area (Å²) in [5, 5.41) is 8.84. The summed E-state index contributed by atoms with van der Waals surface area (Å²) in [7, 11) is -2.49. The van der Waals surface area contributed by atoms with Crippen molar-refractivity contribution in [1.29, 1.82) is 0 Å². The predicted molar refractivity (Wildman–Crippen MR) is 70.0 cm³/mol. The third kappa shape index (κ3) is 3.80. The first kappa shape index (κ1) is 15.2. The van der Waals surface area contributed by atoms with Crippen molar-refractivity contribution in [2.45, 2.75) is 11.8 Å². The van der Waals surface area contributed by atoms with Gasteiger partial charge in [0.2, 0.25) is 10.0 Å². The van der Waals surface area contributed by atoms with E-state index in [4.69, 9.17) is 9.84 Å². The lowest BCUT2D eigenvalue weighted by molar-refractivity contribution is 0.0696. The van der Waals surface area contributed by atoms with Gasteiger partial charge >= 0.3 is 5.97 Å². The molecule has 0 fully saturated rings. The van der Waals surface area contributed by atoms with Crippen LogP contribution < -0.4 is 9.46 Å². The minimum Gasteiger partial charge on any atom is -0.495 e. The van der Waals surface area contributed by atoms with E-state index in [1.165, 1.54) is 19.2 Å². The zero-order valence-corrected chi connectivity index (χ0v) is 11.5. The maximum Gasteiger partial charge on any atom is 0.335 e. The highest BCUT2D eigenvalue weighted by atomic mass is 32.2. The van der Waals surface area contributed by atoms with Gasteiger partial charge in [0.15, 0.2) is 0 Å². The first-order valence-corrected chi connectivity index (χ1v) is 6.81. The molecule has 0 saturated carbocycles. The molecule has 6 nitrogen and oxygen atoms in total. The van der Waals surface area contributed by atoms with Gasteiger partial charge in [-0.15, -0.1) is 0 Å². The van der Waals surface area contributed by atoms with Crippen molar-refractivity contribution in [2.24, 2.45) is 0 Å². The van der Waals surface area contributed by atoms with Crippen LogP contribution in [0.2, 0.25) is 0 Å². The van der Waals surface area contributed by atoms with Gasteiger partial charge in [0.25, 0.3) is 0 Å². The Hall–Kier alpha value is -1.86. The van der Waals surface area contributed by atoms with Gasteiger partial charge in [0, 0.05) is 6.54 Å². The Morgan fingerprint density at radius 2 is 2.11 bits per heavy atom. The Bertz CT molecular complexity index is 607. The molecule has 1 aromatic rings. The van der Waals surface area contributed by atoms with Crippen LogP contribution in [0.25, 0.3) is 0 Å². The largest absolute Gasteiger partial charge is 0.495 e. The Kier molecular flexibility index (Phi) is 4.68. The topological polar surface area (TPSA) is 92.7 Å². The van der Waals surface area contributed by atoms with Crippen LogP contribution in [0.5, 0.6) is 5.75 Å². The molecule has 0 atom stereocenters. The average molecular weight is 285 g/mol. The second-order valence-electron chi connectivity index (χ2n) is 3.95. The summed E-state index contributed by atoms with van der Waals surface area (Å²) in [5.41, 5.74) is 0.611. The van der Waals surface area contributed by atoms with Crippen LogP contribution in [-0.4, -0.2) is 33.1 Å². The molecule has 1 rings (SSSR count). The van der Waals surface area contributed by atoms with Crippen LogP contribution in [0.4, 0.5) is 0 Å². The molecule has 0 radical (unpaired) electrons. The van der Waals surface area contributed by atoms with E-state index in [1.54, 1.807) is 6.92 Å². The summed E-state index contributed by atoms with van der Waals surface area (Å²) < 4.78 is 31.3. The molecule has 0 heterocycles. The number of carboxylic acids is 1. The molecular weight excluding hydrogens is 270 g/mol. The Morgan fingerprint density at radius 1 is 1.47 bits per heavy atom. The zero-order valence-electron chi connectivity index (χ0n) is 10.6. The standard InChI is InChI=1S/C12H15NO5S/c1-8(2)7-13-19(16,17)11-5-4-9(12(14)15)6-10(11)18-3/h4-6,13H,1,7H2,2-3H3,(H,14,15). The number of nitrogens with one attached hydrogen (secondary N) is 1. The van der Waals surface area contributed by atoms with Gasteiger partial charge in [-0.3, -0.25) is 0 Å². The number of aromatic carboxylic acids is 1. The fourth-order valence-corrected chi connectivity index (χ4v) is 2.56. The van der Waals surface area contributed by atoms with Crippen molar-refractivity contribution in [3.05, 3.63) is 35.9 Å². The lowest BCUT2D eigenvalue weighted by atomic mass is 10.2. The Balaban J connectivity index is 3.19. The molecule has 1 aromatic carbocycles. The van der Waals surface area contributed by atoms with E-state index in [1.807, 2.05) is 0 Å². The molecule has 0 spiro atoms. The number of methoxy groups -OCH3 is 1. The lowest BCUT2D eigenvalue weighted by Crippen LogP contribution is -2.25. The number of ether oxygens (including phenoxy) is 1. The highest BCUT2D eigenvalue weighted by Crippen LogP contribution is 2.24. The molecule has 104 valence electrons. The summed E-state index contributed by atoms with van der Waals surface area (Å²) in [4.78, 5) is 10.7. The number of benzene rings is 1. The highest BCUT2D eigenvalue weighted by molar-refractivity contribution is 7.89. The van der Waals surface area contributed by atoms with Gasteiger partial charge < -0.3 is 9.84 Å².